The van der Waals surface area contributed by atoms with Gasteiger partial charge < -0.3 is 20.9 Å². The molecule has 1 aliphatic heterocycles. The van der Waals surface area contributed by atoms with E-state index in [0.29, 0.717) is 12.1 Å². The third-order valence-electron chi connectivity index (χ3n) is 4.71. The van der Waals surface area contributed by atoms with Crippen molar-refractivity contribution in [3.05, 3.63) is 0 Å². The highest BCUT2D eigenvalue weighted by atomic mass is 16.1. The predicted octanol–water partition coefficient (Wildman–Crippen LogP) is 1.03. The summed E-state index contributed by atoms with van der Waals surface area (Å²) in [4.78, 5) is 16.7. The number of likely N-dealkylation sites (tertiary alicyclic amines) is 1. The fourth-order valence-corrected chi connectivity index (χ4v) is 3.43. The fourth-order valence-electron chi connectivity index (χ4n) is 3.43. The number of rotatable bonds is 7. The molecule has 124 valence electrons. The molecule has 0 aliphatic carbocycles. The summed E-state index contributed by atoms with van der Waals surface area (Å²) in [5, 5.41) is 3.34. The lowest BCUT2D eigenvalue weighted by molar-refractivity contribution is -0.125. The highest BCUT2D eigenvalue weighted by Crippen LogP contribution is 2.22. The average Bonchev–Trinajstić information content (AvgIpc) is 2.37. The molecule has 1 aliphatic rings. The first kappa shape index (κ1) is 18.4. The summed E-state index contributed by atoms with van der Waals surface area (Å²) in [5.74, 6) is -0.258. The molecule has 21 heavy (non-hydrogen) atoms. The fraction of sp³-hybridized carbons (Fsp3) is 0.938. The third-order valence-corrected chi connectivity index (χ3v) is 4.71. The topological polar surface area (TPSA) is 61.6 Å². The number of nitrogens with two attached hydrogens (primary N) is 1. The van der Waals surface area contributed by atoms with E-state index in [1.807, 2.05) is 6.92 Å². The minimum atomic E-state index is -0.633. The molecule has 5 heteroatoms. The van der Waals surface area contributed by atoms with Crippen LogP contribution in [-0.4, -0.2) is 66.6 Å². The van der Waals surface area contributed by atoms with Crippen LogP contribution in [0.5, 0.6) is 0 Å². The van der Waals surface area contributed by atoms with E-state index in [0.717, 1.165) is 19.5 Å². The molecule has 0 aromatic carbocycles. The number of hydrogen-bond acceptors (Lipinski definition) is 4. The van der Waals surface area contributed by atoms with E-state index >= 15 is 0 Å². The summed E-state index contributed by atoms with van der Waals surface area (Å²) in [6, 6.07) is 1.29. The largest absolute Gasteiger partial charge is 0.368 e. The van der Waals surface area contributed by atoms with Crippen LogP contribution < -0.4 is 11.1 Å². The summed E-state index contributed by atoms with van der Waals surface area (Å²) in [6.45, 7) is 10.4. The number of amides is 1. The Balaban J connectivity index is 2.59. The second kappa shape index (κ2) is 7.56. The highest BCUT2D eigenvalue weighted by molar-refractivity contribution is 5.84. The second-order valence-electron chi connectivity index (χ2n) is 7.28. The van der Waals surface area contributed by atoms with Gasteiger partial charge in [0.05, 0.1) is 5.54 Å². The van der Waals surface area contributed by atoms with Crippen molar-refractivity contribution in [1.29, 1.82) is 0 Å². The lowest BCUT2D eigenvalue weighted by Crippen LogP contribution is -2.58. The standard InChI is InChI=1S/C16H34N4O/c1-12(2)18-16(4,15(17)21)11-13(3)20-9-7-14(8-10-20)19(5)6/h12-14,18H,7-11H2,1-6H3,(H2,17,21). The minimum Gasteiger partial charge on any atom is -0.368 e. The van der Waals surface area contributed by atoms with E-state index in [-0.39, 0.29) is 11.9 Å². The first-order valence-corrected chi connectivity index (χ1v) is 8.14. The molecule has 0 aromatic rings. The minimum absolute atomic E-state index is 0.245. The van der Waals surface area contributed by atoms with Crippen molar-refractivity contribution in [1.82, 2.24) is 15.1 Å². The van der Waals surface area contributed by atoms with Crippen LogP contribution in [0.4, 0.5) is 0 Å². The van der Waals surface area contributed by atoms with Crippen LogP contribution >= 0.6 is 0 Å². The molecule has 2 atom stereocenters. The van der Waals surface area contributed by atoms with Crippen LogP contribution in [0.25, 0.3) is 0 Å². The van der Waals surface area contributed by atoms with Crippen molar-refractivity contribution in [2.45, 2.75) is 70.6 Å². The van der Waals surface area contributed by atoms with Gasteiger partial charge in [0, 0.05) is 18.1 Å². The molecular formula is C16H34N4O. The van der Waals surface area contributed by atoms with Crippen LogP contribution in [0.1, 0.15) is 47.0 Å². The first-order chi connectivity index (χ1) is 9.65. The van der Waals surface area contributed by atoms with Gasteiger partial charge in [-0.3, -0.25) is 4.79 Å². The second-order valence-corrected chi connectivity index (χ2v) is 7.28. The van der Waals surface area contributed by atoms with Crippen LogP contribution in [0.3, 0.4) is 0 Å². The highest BCUT2D eigenvalue weighted by Gasteiger charge is 2.35. The van der Waals surface area contributed by atoms with Gasteiger partial charge in [-0.05, 0) is 74.1 Å². The zero-order chi connectivity index (χ0) is 16.2. The predicted molar refractivity (Wildman–Crippen MR) is 88.2 cm³/mol. The normalized spacial score (nSPS) is 22.5. The molecule has 1 fully saturated rings. The Morgan fingerprint density at radius 2 is 1.86 bits per heavy atom. The summed E-state index contributed by atoms with van der Waals surface area (Å²) in [5.41, 5.74) is 5.00. The quantitative estimate of drug-likeness (QED) is 0.737. The van der Waals surface area contributed by atoms with Crippen LogP contribution in [0, 0.1) is 0 Å². The number of carbonyl (C=O) groups is 1. The molecule has 3 N–H and O–H groups in total. The van der Waals surface area contributed by atoms with Crippen molar-refractivity contribution in [2.24, 2.45) is 5.73 Å². The first-order valence-electron chi connectivity index (χ1n) is 8.14. The van der Waals surface area contributed by atoms with E-state index in [4.69, 9.17) is 5.73 Å². The Labute approximate surface area is 130 Å². The van der Waals surface area contributed by atoms with Crippen LogP contribution in [-0.2, 0) is 4.79 Å². The van der Waals surface area contributed by atoms with E-state index in [1.165, 1.54) is 12.8 Å². The van der Waals surface area contributed by atoms with Crippen LogP contribution in [0.2, 0.25) is 0 Å². The van der Waals surface area contributed by atoms with E-state index < -0.39 is 5.54 Å². The van der Waals surface area contributed by atoms with Gasteiger partial charge >= 0.3 is 0 Å². The van der Waals surface area contributed by atoms with Gasteiger partial charge in [0.1, 0.15) is 0 Å². The van der Waals surface area contributed by atoms with Gasteiger partial charge in [-0.2, -0.15) is 0 Å². The third kappa shape index (κ3) is 5.24. The van der Waals surface area contributed by atoms with Gasteiger partial charge in [-0.15, -0.1) is 0 Å². The zero-order valence-electron chi connectivity index (χ0n) is 14.6. The van der Waals surface area contributed by atoms with Crippen molar-refractivity contribution in [3.63, 3.8) is 0 Å². The maximum absolute atomic E-state index is 11.9. The Bertz CT molecular complexity index is 337. The van der Waals surface area contributed by atoms with Gasteiger partial charge in [-0.1, -0.05) is 0 Å². The number of nitrogens with one attached hydrogen (secondary N) is 1. The van der Waals surface area contributed by atoms with Crippen molar-refractivity contribution in [3.8, 4) is 0 Å². The van der Waals surface area contributed by atoms with E-state index in [9.17, 15) is 4.79 Å². The van der Waals surface area contributed by atoms with Crippen molar-refractivity contribution >= 4 is 5.91 Å². The van der Waals surface area contributed by atoms with Crippen LogP contribution in [0.15, 0.2) is 0 Å². The van der Waals surface area contributed by atoms with Crippen molar-refractivity contribution in [2.75, 3.05) is 27.2 Å². The molecule has 0 radical (unpaired) electrons. The number of nitrogens with zero attached hydrogens (tertiary/aromatic N) is 2. The van der Waals surface area contributed by atoms with Gasteiger partial charge in [0.25, 0.3) is 0 Å². The monoisotopic (exact) mass is 298 g/mol. The smallest absolute Gasteiger partial charge is 0.237 e. The van der Waals surface area contributed by atoms with Gasteiger partial charge in [-0.25, -0.2) is 0 Å². The van der Waals surface area contributed by atoms with Crippen molar-refractivity contribution < 1.29 is 4.79 Å². The SMILES string of the molecule is CC(C)NC(C)(CC(C)N1CCC(N(C)C)CC1)C(N)=O. The molecule has 1 saturated heterocycles. The molecule has 0 saturated carbocycles. The van der Waals surface area contributed by atoms with Gasteiger partial charge in [0.2, 0.25) is 5.91 Å². The maximum Gasteiger partial charge on any atom is 0.237 e. The maximum atomic E-state index is 11.9. The molecule has 0 aromatic heterocycles. The number of hydrogen-bond donors (Lipinski definition) is 2. The van der Waals surface area contributed by atoms with E-state index in [1.54, 1.807) is 0 Å². The Hall–Kier alpha value is -0.650. The summed E-state index contributed by atoms with van der Waals surface area (Å²) in [6.07, 6.45) is 3.15. The number of primary amides is 1. The Morgan fingerprint density at radius 3 is 2.24 bits per heavy atom. The number of piperidine rings is 1. The summed E-state index contributed by atoms with van der Waals surface area (Å²) in [7, 11) is 4.31. The molecule has 5 nitrogen and oxygen atoms in total. The average molecular weight is 298 g/mol. The molecule has 0 spiro atoms. The Morgan fingerprint density at radius 1 is 1.33 bits per heavy atom. The summed E-state index contributed by atoms with van der Waals surface area (Å²) >= 11 is 0. The molecule has 1 heterocycles. The lowest BCUT2D eigenvalue weighted by atomic mass is 9.90. The molecule has 1 amide bonds. The molecule has 0 bridgehead atoms. The summed E-state index contributed by atoms with van der Waals surface area (Å²) < 4.78 is 0. The molecule has 1 rings (SSSR count). The Kier molecular flexibility index (Phi) is 6.63. The lowest BCUT2D eigenvalue weighted by Gasteiger charge is -2.41. The van der Waals surface area contributed by atoms with Gasteiger partial charge in [0.15, 0.2) is 0 Å². The molecule has 2 unspecified atom stereocenters. The zero-order valence-corrected chi connectivity index (χ0v) is 14.6. The van der Waals surface area contributed by atoms with E-state index in [2.05, 4.69) is 50.0 Å². The number of carbonyl (C=O) groups excluding carboxylic acids is 1. The molecular weight excluding hydrogens is 264 g/mol.